The van der Waals surface area contributed by atoms with Gasteiger partial charge < -0.3 is 20.1 Å². The number of morpholine rings is 1. The highest BCUT2D eigenvalue weighted by Crippen LogP contribution is 2.24. The van der Waals surface area contributed by atoms with Crippen molar-refractivity contribution in [1.82, 2.24) is 20.5 Å². The summed E-state index contributed by atoms with van der Waals surface area (Å²) in [5.41, 5.74) is 0.642. The summed E-state index contributed by atoms with van der Waals surface area (Å²) in [5, 5.41) is 7.65. The van der Waals surface area contributed by atoms with Crippen LogP contribution in [-0.2, 0) is 9.47 Å². The lowest BCUT2D eigenvalue weighted by atomic mass is 10.00. The summed E-state index contributed by atoms with van der Waals surface area (Å²) >= 11 is 1.36. The van der Waals surface area contributed by atoms with Crippen LogP contribution in [-0.4, -0.2) is 72.8 Å². The number of hydrogen-bond acceptors (Lipinski definition) is 7. The highest BCUT2D eigenvalue weighted by atomic mass is 127. The van der Waals surface area contributed by atoms with E-state index >= 15 is 0 Å². The molecule has 0 amide bonds. The molecule has 1 aliphatic heterocycles. The number of esters is 1. The molecule has 2 heterocycles. The van der Waals surface area contributed by atoms with Gasteiger partial charge in [0.15, 0.2) is 5.96 Å². The molecule has 0 bridgehead atoms. The van der Waals surface area contributed by atoms with E-state index in [4.69, 9.17) is 9.47 Å². The zero-order valence-corrected chi connectivity index (χ0v) is 23.1. The average Bonchev–Trinajstić information content (AvgIpc) is 3.06. The van der Waals surface area contributed by atoms with E-state index in [1.54, 1.807) is 14.0 Å². The molecule has 3 unspecified atom stereocenters. The van der Waals surface area contributed by atoms with Gasteiger partial charge in [-0.1, -0.05) is 0 Å². The Morgan fingerprint density at radius 1 is 1.39 bits per heavy atom. The van der Waals surface area contributed by atoms with Crippen molar-refractivity contribution in [3.8, 4) is 0 Å². The van der Waals surface area contributed by atoms with E-state index < -0.39 is 0 Å². The minimum atomic E-state index is -0.316. The molecular formula is C21H38IN5O3S. The number of guanidine groups is 1. The molecule has 0 aromatic carbocycles. The summed E-state index contributed by atoms with van der Waals surface area (Å²) in [6.45, 7) is 17.3. The van der Waals surface area contributed by atoms with Gasteiger partial charge in [0, 0.05) is 32.2 Å². The Bertz CT molecular complexity index is 745. The van der Waals surface area contributed by atoms with Crippen molar-refractivity contribution in [2.24, 2.45) is 4.99 Å². The maximum absolute atomic E-state index is 12.1. The van der Waals surface area contributed by atoms with Gasteiger partial charge in [0.25, 0.3) is 0 Å². The van der Waals surface area contributed by atoms with Gasteiger partial charge in [-0.05, 0) is 48.5 Å². The number of carbonyl (C=O) groups excluding carboxylic acids is 1. The van der Waals surface area contributed by atoms with Gasteiger partial charge >= 0.3 is 5.97 Å². The second-order valence-electron chi connectivity index (χ2n) is 8.45. The van der Waals surface area contributed by atoms with E-state index in [0.717, 1.165) is 24.6 Å². The molecule has 10 heteroatoms. The Balaban J connectivity index is 0.00000480. The molecular weight excluding hydrogens is 529 g/mol. The Hall–Kier alpha value is -0.980. The van der Waals surface area contributed by atoms with Crippen LogP contribution in [0.25, 0.3) is 0 Å². The molecule has 1 fully saturated rings. The Labute approximate surface area is 207 Å². The third-order valence-electron chi connectivity index (χ3n) is 5.19. The molecule has 2 N–H and O–H groups in total. The number of halogens is 1. The summed E-state index contributed by atoms with van der Waals surface area (Å²) in [6, 6.07) is -0.0883. The molecule has 3 atom stereocenters. The zero-order valence-electron chi connectivity index (χ0n) is 19.9. The van der Waals surface area contributed by atoms with Crippen molar-refractivity contribution in [1.29, 1.82) is 0 Å². The minimum absolute atomic E-state index is 0. The van der Waals surface area contributed by atoms with Gasteiger partial charge in [0.2, 0.25) is 0 Å². The lowest BCUT2D eigenvalue weighted by Crippen LogP contribution is -2.59. The molecule has 0 spiro atoms. The highest BCUT2D eigenvalue weighted by molar-refractivity contribution is 14.0. The predicted octanol–water partition coefficient (Wildman–Crippen LogP) is 3.36. The van der Waals surface area contributed by atoms with Gasteiger partial charge in [-0.25, -0.2) is 9.78 Å². The van der Waals surface area contributed by atoms with Crippen molar-refractivity contribution < 1.29 is 14.3 Å². The van der Waals surface area contributed by atoms with E-state index in [1.807, 2.05) is 13.8 Å². The summed E-state index contributed by atoms with van der Waals surface area (Å²) < 4.78 is 11.0. The first-order chi connectivity index (χ1) is 14.1. The molecule has 2 rings (SSSR count). The molecule has 8 nitrogen and oxygen atoms in total. The third-order valence-corrected chi connectivity index (χ3v) is 6.51. The van der Waals surface area contributed by atoms with Gasteiger partial charge in [-0.15, -0.1) is 35.3 Å². The maximum Gasteiger partial charge on any atom is 0.350 e. The first kappa shape index (κ1) is 28.1. The van der Waals surface area contributed by atoms with Gasteiger partial charge in [0.05, 0.1) is 30.6 Å². The first-order valence-electron chi connectivity index (χ1n) is 10.6. The van der Waals surface area contributed by atoms with Crippen LogP contribution in [0, 0.1) is 6.92 Å². The van der Waals surface area contributed by atoms with Crippen LogP contribution in [0.15, 0.2) is 4.99 Å². The van der Waals surface area contributed by atoms with Crippen molar-refractivity contribution in [3.63, 3.8) is 0 Å². The van der Waals surface area contributed by atoms with Crippen LogP contribution >= 0.6 is 35.3 Å². The van der Waals surface area contributed by atoms with Crippen molar-refractivity contribution in [2.45, 2.75) is 72.3 Å². The fourth-order valence-electron chi connectivity index (χ4n) is 3.53. The van der Waals surface area contributed by atoms with E-state index in [0.29, 0.717) is 23.1 Å². The Morgan fingerprint density at radius 2 is 2.00 bits per heavy atom. The molecule has 0 aliphatic carbocycles. The number of ether oxygens (including phenoxy) is 2. The largest absolute Gasteiger partial charge is 0.462 e. The first-order valence-corrected chi connectivity index (χ1v) is 11.4. The van der Waals surface area contributed by atoms with Gasteiger partial charge in [-0.3, -0.25) is 9.89 Å². The molecule has 31 heavy (non-hydrogen) atoms. The molecule has 0 radical (unpaired) electrons. The van der Waals surface area contributed by atoms with Crippen LogP contribution in [0.5, 0.6) is 0 Å². The number of aromatic nitrogens is 1. The fraction of sp³-hybridized carbons (Fsp3) is 0.762. The average molecular weight is 568 g/mol. The number of hydrogen-bond donors (Lipinski definition) is 2. The standard InChI is InChI=1S/C21H37N5O3S.HI/c1-9-28-19(27)17-15(4)24-18(30-17)16(5)25-20(22-8)23-12-21(6,7)26-10-13(2)29-14(3)11-26;/h13-14,16H,9-12H2,1-8H3,(H2,22,23,25);1H. The SMILES string of the molecule is CCOC(=O)c1sc(C(C)NC(=NC)NCC(C)(C)N2CC(C)OC(C)C2)nc1C.I. The van der Waals surface area contributed by atoms with E-state index in [1.165, 1.54) is 11.3 Å². The molecule has 0 saturated carbocycles. The maximum atomic E-state index is 12.1. The van der Waals surface area contributed by atoms with Crippen LogP contribution < -0.4 is 10.6 Å². The summed E-state index contributed by atoms with van der Waals surface area (Å²) in [7, 11) is 1.76. The Kier molecular flexibility index (Phi) is 11.1. The smallest absolute Gasteiger partial charge is 0.350 e. The molecule has 1 saturated heterocycles. The highest BCUT2D eigenvalue weighted by Gasteiger charge is 2.33. The second-order valence-corrected chi connectivity index (χ2v) is 9.48. The van der Waals surface area contributed by atoms with Gasteiger partial charge in [-0.2, -0.15) is 0 Å². The number of nitrogens with zero attached hydrogens (tertiary/aromatic N) is 3. The topological polar surface area (TPSA) is 88.1 Å². The summed E-state index contributed by atoms with van der Waals surface area (Å²) in [5.74, 6) is 0.389. The lowest BCUT2D eigenvalue weighted by molar-refractivity contribution is -0.0946. The van der Waals surface area contributed by atoms with E-state index in [9.17, 15) is 4.79 Å². The van der Waals surface area contributed by atoms with Crippen molar-refractivity contribution in [2.75, 3.05) is 33.3 Å². The third kappa shape index (κ3) is 7.83. The number of nitrogens with one attached hydrogen (secondary N) is 2. The Morgan fingerprint density at radius 3 is 2.55 bits per heavy atom. The number of thiazole rings is 1. The molecule has 1 aliphatic rings. The molecule has 178 valence electrons. The van der Waals surface area contributed by atoms with Crippen LogP contribution in [0.1, 0.15) is 68.0 Å². The minimum Gasteiger partial charge on any atom is -0.462 e. The summed E-state index contributed by atoms with van der Waals surface area (Å²) in [6.07, 6.45) is 0.458. The van der Waals surface area contributed by atoms with Crippen LogP contribution in [0.2, 0.25) is 0 Å². The number of aliphatic imine (C=N–C) groups is 1. The van der Waals surface area contributed by atoms with Crippen LogP contribution in [0.3, 0.4) is 0 Å². The van der Waals surface area contributed by atoms with Gasteiger partial charge in [0.1, 0.15) is 9.88 Å². The normalized spacial score (nSPS) is 21.2. The zero-order chi connectivity index (χ0) is 22.5. The van der Waals surface area contributed by atoms with Crippen LogP contribution in [0.4, 0.5) is 0 Å². The predicted molar refractivity (Wildman–Crippen MR) is 137 cm³/mol. The number of carbonyl (C=O) groups is 1. The van der Waals surface area contributed by atoms with Crippen molar-refractivity contribution >= 4 is 47.2 Å². The van der Waals surface area contributed by atoms with E-state index in [2.05, 4.69) is 53.2 Å². The van der Waals surface area contributed by atoms with Crippen molar-refractivity contribution in [3.05, 3.63) is 15.6 Å². The quantitative estimate of drug-likeness (QED) is 0.226. The number of rotatable bonds is 7. The number of aryl methyl sites for hydroxylation is 1. The molecule has 1 aromatic rings. The fourth-order valence-corrected chi connectivity index (χ4v) is 4.50. The second kappa shape index (κ2) is 12.3. The van der Waals surface area contributed by atoms with E-state index in [-0.39, 0.29) is 53.7 Å². The summed E-state index contributed by atoms with van der Waals surface area (Å²) in [4.78, 5) is 24.0. The monoisotopic (exact) mass is 567 g/mol. The lowest BCUT2D eigenvalue weighted by Gasteiger charge is -2.45. The molecule has 1 aromatic heterocycles.